The Labute approximate surface area is 105 Å². The topological polar surface area (TPSA) is 59.2 Å². The first-order valence-electron chi connectivity index (χ1n) is 5.73. The van der Waals surface area contributed by atoms with Gasteiger partial charge in [0.15, 0.2) is 0 Å². The summed E-state index contributed by atoms with van der Waals surface area (Å²) >= 11 is 0. The minimum Gasteiger partial charge on any atom is -0.461 e. The van der Waals surface area contributed by atoms with Gasteiger partial charge in [0.25, 0.3) is 0 Å². The zero-order chi connectivity index (χ0) is 13.0. The van der Waals surface area contributed by atoms with E-state index < -0.39 is 0 Å². The largest absolute Gasteiger partial charge is 0.461 e. The summed E-state index contributed by atoms with van der Waals surface area (Å²) < 4.78 is 5.62. The van der Waals surface area contributed by atoms with E-state index in [1.54, 1.807) is 12.4 Å². The first-order valence-corrected chi connectivity index (χ1v) is 5.73. The average molecular weight is 245 g/mol. The van der Waals surface area contributed by atoms with Crippen molar-refractivity contribution in [1.29, 1.82) is 0 Å². The summed E-state index contributed by atoms with van der Waals surface area (Å²) in [5.41, 5.74) is 0.831. The fraction of sp³-hybridized carbons (Fsp3) is 0.308. The van der Waals surface area contributed by atoms with Gasteiger partial charge in [-0.15, -0.1) is 0 Å². The highest BCUT2D eigenvalue weighted by molar-refractivity contribution is 5.56. The quantitative estimate of drug-likeness (QED) is 0.753. The van der Waals surface area contributed by atoms with Gasteiger partial charge >= 0.3 is 0 Å². The van der Waals surface area contributed by atoms with E-state index >= 15 is 0 Å². The second-order valence-corrected chi connectivity index (χ2v) is 4.14. The molecule has 0 bridgehead atoms. The van der Waals surface area contributed by atoms with E-state index in [1.807, 2.05) is 31.1 Å². The predicted molar refractivity (Wildman–Crippen MR) is 68.4 cm³/mol. The summed E-state index contributed by atoms with van der Waals surface area (Å²) in [7, 11) is 3.78. The normalized spacial score (nSPS) is 10.3. The number of nitrogens with zero attached hydrogens (tertiary/aromatic N) is 3. The number of hydrogen-bond donors (Lipinski definition) is 0. The molecule has 94 valence electrons. The van der Waals surface area contributed by atoms with Gasteiger partial charge in [0.05, 0.1) is 5.56 Å². The Morgan fingerprint density at radius 3 is 2.61 bits per heavy atom. The Kier molecular flexibility index (Phi) is 3.72. The molecule has 0 radical (unpaired) electrons. The van der Waals surface area contributed by atoms with Crippen LogP contribution < -0.4 is 4.90 Å². The molecule has 0 saturated heterocycles. The molecule has 0 saturated carbocycles. The van der Waals surface area contributed by atoms with Crippen LogP contribution in [0.3, 0.4) is 0 Å². The van der Waals surface area contributed by atoms with Crippen molar-refractivity contribution in [3.63, 3.8) is 0 Å². The van der Waals surface area contributed by atoms with Crippen molar-refractivity contribution in [3.05, 3.63) is 30.3 Å². The lowest BCUT2D eigenvalue weighted by Gasteiger charge is -2.08. The van der Waals surface area contributed by atoms with Gasteiger partial charge in [-0.1, -0.05) is 0 Å². The minimum absolute atomic E-state index is 0.475. The van der Waals surface area contributed by atoms with Gasteiger partial charge in [-0.3, -0.25) is 0 Å². The number of rotatable bonds is 5. The first kappa shape index (κ1) is 12.3. The average Bonchev–Trinajstić information content (AvgIpc) is 2.85. The van der Waals surface area contributed by atoms with Crippen molar-refractivity contribution >= 4 is 12.2 Å². The maximum absolute atomic E-state index is 10.3. The Morgan fingerprint density at radius 1 is 1.28 bits per heavy atom. The van der Waals surface area contributed by atoms with Crippen molar-refractivity contribution in [3.8, 4) is 11.3 Å². The molecular formula is C13H15N3O2. The molecule has 0 fully saturated rings. The van der Waals surface area contributed by atoms with Crippen LogP contribution in [0.15, 0.2) is 28.9 Å². The fourth-order valence-electron chi connectivity index (χ4n) is 1.55. The number of hydrogen-bond acceptors (Lipinski definition) is 5. The molecule has 2 aromatic heterocycles. The van der Waals surface area contributed by atoms with Gasteiger partial charge in [0.2, 0.25) is 5.95 Å². The molecule has 0 aliphatic rings. The van der Waals surface area contributed by atoms with Gasteiger partial charge in [-0.05, 0) is 12.1 Å². The summed E-state index contributed by atoms with van der Waals surface area (Å²) in [4.78, 5) is 20.6. The van der Waals surface area contributed by atoms with Crippen LogP contribution in [-0.4, -0.2) is 30.3 Å². The number of carbonyl (C=O) groups is 1. The molecule has 2 aromatic rings. The second kappa shape index (κ2) is 5.44. The minimum atomic E-state index is 0.475. The molecule has 0 atom stereocenters. The number of carbonyl (C=O) groups excluding carboxylic acids is 1. The smallest absolute Gasteiger partial charge is 0.224 e. The van der Waals surface area contributed by atoms with Crippen LogP contribution in [0.5, 0.6) is 0 Å². The molecule has 0 aliphatic carbocycles. The van der Waals surface area contributed by atoms with Crippen LogP contribution in [-0.2, 0) is 11.2 Å². The van der Waals surface area contributed by atoms with Gasteiger partial charge in [0.1, 0.15) is 17.8 Å². The Hall–Kier alpha value is -2.17. The van der Waals surface area contributed by atoms with Crippen molar-refractivity contribution in [2.24, 2.45) is 0 Å². The van der Waals surface area contributed by atoms with Crippen LogP contribution >= 0.6 is 0 Å². The monoisotopic (exact) mass is 245 g/mol. The lowest BCUT2D eigenvalue weighted by molar-refractivity contribution is -0.107. The van der Waals surface area contributed by atoms with Gasteiger partial charge in [-0.2, -0.15) is 0 Å². The van der Waals surface area contributed by atoms with Crippen LogP contribution in [0.1, 0.15) is 12.2 Å². The molecule has 5 heteroatoms. The lowest BCUT2D eigenvalue weighted by Crippen LogP contribution is -2.12. The summed E-state index contributed by atoms with van der Waals surface area (Å²) in [6.07, 6.45) is 5.44. The molecule has 0 amide bonds. The van der Waals surface area contributed by atoms with Crippen molar-refractivity contribution in [2.75, 3.05) is 19.0 Å². The van der Waals surface area contributed by atoms with E-state index in [1.165, 1.54) is 0 Å². The number of aromatic nitrogens is 2. The summed E-state index contributed by atoms with van der Waals surface area (Å²) in [6.45, 7) is 0. The zero-order valence-corrected chi connectivity index (χ0v) is 10.5. The Balaban J connectivity index is 2.15. The highest BCUT2D eigenvalue weighted by atomic mass is 16.3. The SMILES string of the molecule is CN(C)c1ncc(-c2ccc(CCC=O)o2)cn1. The van der Waals surface area contributed by atoms with Gasteiger partial charge in [0, 0.05) is 39.3 Å². The molecule has 0 unspecified atom stereocenters. The highest BCUT2D eigenvalue weighted by Crippen LogP contribution is 2.22. The Bertz CT molecular complexity index is 517. The molecule has 2 heterocycles. The molecule has 0 spiro atoms. The summed E-state index contributed by atoms with van der Waals surface area (Å²) in [5.74, 6) is 2.18. The third kappa shape index (κ3) is 2.74. The maximum atomic E-state index is 10.3. The fourth-order valence-corrected chi connectivity index (χ4v) is 1.55. The van der Waals surface area contributed by atoms with E-state index in [9.17, 15) is 4.79 Å². The number of aldehydes is 1. The van der Waals surface area contributed by atoms with Crippen molar-refractivity contribution in [2.45, 2.75) is 12.8 Å². The molecule has 0 N–H and O–H groups in total. The van der Waals surface area contributed by atoms with E-state index in [0.717, 1.165) is 23.4 Å². The van der Waals surface area contributed by atoms with E-state index in [2.05, 4.69) is 9.97 Å². The van der Waals surface area contributed by atoms with Crippen LogP contribution in [0.4, 0.5) is 5.95 Å². The molecule has 2 rings (SSSR count). The van der Waals surface area contributed by atoms with E-state index in [0.29, 0.717) is 18.8 Å². The third-order valence-corrected chi connectivity index (χ3v) is 2.49. The van der Waals surface area contributed by atoms with Gasteiger partial charge < -0.3 is 14.1 Å². The molecule has 5 nitrogen and oxygen atoms in total. The Morgan fingerprint density at radius 2 is 2.00 bits per heavy atom. The summed E-state index contributed by atoms with van der Waals surface area (Å²) in [6, 6.07) is 3.74. The number of anilines is 1. The molecule has 0 aliphatic heterocycles. The standard InChI is InChI=1S/C13H15N3O2/c1-16(2)13-14-8-10(9-15-13)12-6-5-11(18-12)4-3-7-17/h5-9H,3-4H2,1-2H3. The number of aryl methyl sites for hydroxylation is 1. The lowest BCUT2D eigenvalue weighted by atomic mass is 10.2. The third-order valence-electron chi connectivity index (χ3n) is 2.49. The maximum Gasteiger partial charge on any atom is 0.224 e. The van der Waals surface area contributed by atoms with Crippen LogP contribution in [0.25, 0.3) is 11.3 Å². The van der Waals surface area contributed by atoms with Crippen LogP contribution in [0.2, 0.25) is 0 Å². The molecule has 18 heavy (non-hydrogen) atoms. The summed E-state index contributed by atoms with van der Waals surface area (Å²) in [5, 5.41) is 0. The predicted octanol–water partition coefficient (Wildman–Crippen LogP) is 1.93. The van der Waals surface area contributed by atoms with Gasteiger partial charge in [-0.25, -0.2) is 9.97 Å². The van der Waals surface area contributed by atoms with Crippen molar-refractivity contribution < 1.29 is 9.21 Å². The highest BCUT2D eigenvalue weighted by Gasteiger charge is 2.06. The zero-order valence-electron chi connectivity index (χ0n) is 10.5. The van der Waals surface area contributed by atoms with Crippen LogP contribution in [0, 0.1) is 0 Å². The second-order valence-electron chi connectivity index (χ2n) is 4.14. The van der Waals surface area contributed by atoms with E-state index in [-0.39, 0.29) is 0 Å². The molecule has 0 aromatic carbocycles. The van der Waals surface area contributed by atoms with Crippen molar-refractivity contribution in [1.82, 2.24) is 9.97 Å². The number of furan rings is 1. The molecular weight excluding hydrogens is 230 g/mol. The van der Waals surface area contributed by atoms with E-state index in [4.69, 9.17) is 4.42 Å². The first-order chi connectivity index (χ1) is 8.70.